The van der Waals surface area contributed by atoms with Gasteiger partial charge in [0.25, 0.3) is 0 Å². The van der Waals surface area contributed by atoms with Crippen molar-refractivity contribution in [3.8, 4) is 0 Å². The summed E-state index contributed by atoms with van der Waals surface area (Å²) in [5, 5.41) is 3.94. The van der Waals surface area contributed by atoms with Gasteiger partial charge in [0.1, 0.15) is 0 Å². The number of aromatic amines is 1. The number of aromatic nitrogens is 1. The van der Waals surface area contributed by atoms with Crippen LogP contribution in [0, 0.1) is 0 Å². The number of anilines is 2. The number of rotatable bonds is 7. The van der Waals surface area contributed by atoms with E-state index in [0.717, 1.165) is 11.9 Å². The van der Waals surface area contributed by atoms with E-state index < -0.39 is 0 Å². The summed E-state index contributed by atoms with van der Waals surface area (Å²) in [5.74, 6) is -0.288. The van der Waals surface area contributed by atoms with Crippen molar-refractivity contribution in [3.05, 3.63) is 84.2 Å². The molecule has 0 saturated carbocycles. The zero-order valence-corrected chi connectivity index (χ0v) is 15.4. The summed E-state index contributed by atoms with van der Waals surface area (Å²) in [4.78, 5) is 19.7. The van der Waals surface area contributed by atoms with Crippen molar-refractivity contribution in [2.45, 2.75) is 6.42 Å². The number of nitrogens with two attached hydrogens (primary N) is 2. The Balaban J connectivity index is 1.53. The predicted molar refractivity (Wildman–Crippen MR) is 116 cm³/mol. The van der Waals surface area contributed by atoms with Gasteiger partial charge in [0, 0.05) is 47.7 Å². The summed E-state index contributed by atoms with van der Waals surface area (Å²) < 4.78 is 0. The van der Waals surface area contributed by atoms with Crippen molar-refractivity contribution in [2.75, 3.05) is 17.6 Å². The molecule has 3 aromatic rings. The molecule has 1 heterocycles. The molecular weight excluding hydrogens is 350 g/mol. The number of hydrogen-bond acceptors (Lipinski definition) is 4. The van der Waals surface area contributed by atoms with Gasteiger partial charge >= 0.3 is 0 Å². The molecule has 0 atom stereocenters. The van der Waals surface area contributed by atoms with Gasteiger partial charge in [0.15, 0.2) is 0 Å². The fourth-order valence-corrected chi connectivity index (χ4v) is 2.79. The Kier molecular flexibility index (Phi) is 6.25. The lowest BCUT2D eigenvalue weighted by molar-refractivity contribution is -0.111. The Morgan fingerprint density at radius 1 is 1.11 bits per heavy atom. The minimum atomic E-state index is -0.288. The van der Waals surface area contributed by atoms with Gasteiger partial charge in [-0.2, -0.15) is 0 Å². The van der Waals surface area contributed by atoms with E-state index in [2.05, 4.69) is 27.4 Å². The highest BCUT2D eigenvalue weighted by Gasteiger charge is 2.02. The van der Waals surface area contributed by atoms with E-state index in [1.54, 1.807) is 30.5 Å². The minimum Gasteiger partial charge on any atom is -0.404 e. The number of H-pyrrole nitrogens is 1. The number of amides is 1. The lowest BCUT2D eigenvalue weighted by Crippen LogP contribution is -2.09. The number of carbonyl (C=O) groups is 1. The van der Waals surface area contributed by atoms with Gasteiger partial charge in [0.2, 0.25) is 5.91 Å². The van der Waals surface area contributed by atoms with Crippen LogP contribution in [0.25, 0.3) is 10.9 Å². The third-order valence-electron chi connectivity index (χ3n) is 4.26. The van der Waals surface area contributed by atoms with Crippen molar-refractivity contribution in [2.24, 2.45) is 10.7 Å². The van der Waals surface area contributed by atoms with E-state index in [1.165, 1.54) is 23.2 Å². The fourth-order valence-electron chi connectivity index (χ4n) is 2.79. The average molecular weight is 373 g/mol. The van der Waals surface area contributed by atoms with Gasteiger partial charge in [-0.3, -0.25) is 9.79 Å². The highest BCUT2D eigenvalue weighted by molar-refractivity contribution is 6.02. The Labute approximate surface area is 163 Å². The fraction of sp³-hybridized carbons (Fsp3) is 0.0909. The molecule has 0 unspecified atom stereocenters. The van der Waals surface area contributed by atoms with Crippen molar-refractivity contribution < 1.29 is 4.79 Å². The third-order valence-corrected chi connectivity index (χ3v) is 4.26. The van der Waals surface area contributed by atoms with Gasteiger partial charge in [-0.05, 0) is 36.3 Å². The summed E-state index contributed by atoms with van der Waals surface area (Å²) in [6, 6.07) is 15.3. The van der Waals surface area contributed by atoms with Crippen molar-refractivity contribution >= 4 is 34.4 Å². The molecule has 0 aliphatic rings. The molecule has 1 amide bonds. The number of nitrogens with one attached hydrogen (secondary N) is 2. The first kappa shape index (κ1) is 19.0. The predicted octanol–water partition coefficient (Wildman–Crippen LogP) is 3.40. The van der Waals surface area contributed by atoms with Crippen molar-refractivity contribution in [3.63, 3.8) is 0 Å². The molecule has 28 heavy (non-hydrogen) atoms. The van der Waals surface area contributed by atoms with Crippen molar-refractivity contribution in [1.82, 2.24) is 4.98 Å². The van der Waals surface area contributed by atoms with Gasteiger partial charge in [0.05, 0.1) is 11.4 Å². The van der Waals surface area contributed by atoms with Gasteiger partial charge < -0.3 is 21.8 Å². The molecule has 0 bridgehead atoms. The molecule has 0 spiro atoms. The number of carbonyl (C=O) groups excluding carboxylic acids is 1. The van der Waals surface area contributed by atoms with Crippen LogP contribution in [-0.4, -0.2) is 23.7 Å². The van der Waals surface area contributed by atoms with E-state index in [4.69, 9.17) is 11.5 Å². The van der Waals surface area contributed by atoms with Crippen molar-refractivity contribution in [1.29, 1.82) is 0 Å². The number of para-hydroxylation sites is 3. The summed E-state index contributed by atoms with van der Waals surface area (Å²) in [6.45, 7) is 0.625. The number of nitrogens with zero attached hydrogens (tertiary/aromatic N) is 1. The quantitative estimate of drug-likeness (QED) is 0.220. The Bertz CT molecular complexity index is 1050. The Morgan fingerprint density at radius 2 is 1.89 bits per heavy atom. The van der Waals surface area contributed by atoms with Gasteiger partial charge in [-0.25, -0.2) is 0 Å². The molecular formula is C22H23N5O. The van der Waals surface area contributed by atoms with Gasteiger partial charge in [-0.15, -0.1) is 0 Å². The molecule has 6 heteroatoms. The molecule has 6 nitrogen and oxygen atoms in total. The molecule has 0 radical (unpaired) electrons. The maximum atomic E-state index is 12.0. The normalized spacial score (nSPS) is 12.2. The molecule has 3 rings (SSSR count). The van der Waals surface area contributed by atoms with Crippen LogP contribution in [0.3, 0.4) is 0 Å². The van der Waals surface area contributed by atoms with Crippen LogP contribution >= 0.6 is 0 Å². The molecule has 6 N–H and O–H groups in total. The number of nitrogen functional groups attached to an aromatic ring is 1. The third kappa shape index (κ3) is 4.88. The zero-order valence-electron chi connectivity index (χ0n) is 15.4. The van der Waals surface area contributed by atoms with Crippen LogP contribution in [0.2, 0.25) is 0 Å². The number of benzene rings is 2. The minimum absolute atomic E-state index is 0.288. The van der Waals surface area contributed by atoms with Crippen LogP contribution in [-0.2, 0) is 11.2 Å². The van der Waals surface area contributed by atoms with E-state index in [0.29, 0.717) is 23.5 Å². The topological polar surface area (TPSA) is 109 Å². The van der Waals surface area contributed by atoms with E-state index in [-0.39, 0.29) is 5.91 Å². The number of hydrogen-bond donors (Lipinski definition) is 4. The largest absolute Gasteiger partial charge is 0.404 e. The summed E-state index contributed by atoms with van der Waals surface area (Å²) in [5.41, 5.74) is 15.5. The monoisotopic (exact) mass is 373 g/mol. The number of aliphatic imine (C=N–C) groups is 1. The second-order valence-electron chi connectivity index (χ2n) is 6.22. The lowest BCUT2D eigenvalue weighted by atomic mass is 10.1. The molecule has 2 aromatic carbocycles. The standard InChI is InChI=1S/C22H23N5O/c23-13-16(9-10-22(28)27-21-8-4-2-6-19(21)24)14-25-12-11-17-15-26-20-7-3-1-5-18(17)20/h1-10,13-15,26H,11-12,23-24H2,(H,27,28)/b10-9+,16-13?,25-14?. The van der Waals surface area contributed by atoms with Crippen LogP contribution in [0.4, 0.5) is 11.4 Å². The summed E-state index contributed by atoms with van der Waals surface area (Å²) in [7, 11) is 0. The highest BCUT2D eigenvalue weighted by Crippen LogP contribution is 2.18. The van der Waals surface area contributed by atoms with Crippen LogP contribution in [0.5, 0.6) is 0 Å². The summed E-state index contributed by atoms with van der Waals surface area (Å²) in [6.07, 6.45) is 8.92. The first-order chi connectivity index (χ1) is 13.7. The number of fused-ring (bicyclic) bond motifs is 1. The zero-order chi connectivity index (χ0) is 19.8. The van der Waals surface area contributed by atoms with Gasteiger partial charge in [-0.1, -0.05) is 30.3 Å². The smallest absolute Gasteiger partial charge is 0.248 e. The maximum absolute atomic E-state index is 12.0. The molecule has 142 valence electrons. The molecule has 0 fully saturated rings. The van der Waals surface area contributed by atoms with Crippen LogP contribution in [0.1, 0.15) is 5.56 Å². The van der Waals surface area contributed by atoms with E-state index >= 15 is 0 Å². The Morgan fingerprint density at radius 3 is 2.71 bits per heavy atom. The number of allylic oxidation sites excluding steroid dienone is 2. The molecule has 0 saturated heterocycles. The van der Waals surface area contributed by atoms with Crippen LogP contribution in [0.15, 0.2) is 83.6 Å². The molecule has 0 aliphatic carbocycles. The van der Waals surface area contributed by atoms with E-state index in [9.17, 15) is 4.79 Å². The molecule has 0 aliphatic heterocycles. The van der Waals surface area contributed by atoms with E-state index in [1.807, 2.05) is 24.4 Å². The molecule has 1 aromatic heterocycles. The highest BCUT2D eigenvalue weighted by atomic mass is 16.1. The summed E-state index contributed by atoms with van der Waals surface area (Å²) >= 11 is 0. The maximum Gasteiger partial charge on any atom is 0.248 e. The lowest BCUT2D eigenvalue weighted by Gasteiger charge is -2.04. The average Bonchev–Trinajstić information content (AvgIpc) is 3.12. The Hall–Kier alpha value is -3.80. The SMILES string of the molecule is NC=C(C=NCCc1c[nH]c2ccccc12)/C=C/C(=O)Nc1ccccc1N. The first-order valence-corrected chi connectivity index (χ1v) is 8.97. The second-order valence-corrected chi connectivity index (χ2v) is 6.22. The first-order valence-electron chi connectivity index (χ1n) is 8.97. The second kappa shape index (κ2) is 9.23. The van der Waals surface area contributed by atoms with Crippen LogP contribution < -0.4 is 16.8 Å².